The fraction of sp³-hybridized carbons (Fsp3) is 0.889. The third-order valence-electron chi connectivity index (χ3n) is 2.59. The minimum atomic E-state index is -0.859. The first kappa shape index (κ1) is 11.7. The molecule has 0 spiro atoms. The van der Waals surface area contributed by atoms with Crippen LogP contribution in [-0.4, -0.2) is 34.2 Å². The number of rotatable bonds is 5. The molecule has 0 radical (unpaired) electrons. The summed E-state index contributed by atoms with van der Waals surface area (Å²) in [6.45, 7) is 2.21. The van der Waals surface area contributed by atoms with Gasteiger partial charge in [-0.05, 0) is 25.7 Å². The average molecular weight is 218 g/mol. The average Bonchev–Trinajstić information content (AvgIpc) is 2.85. The van der Waals surface area contributed by atoms with Crippen LogP contribution in [0.4, 0.5) is 0 Å². The highest BCUT2D eigenvalue weighted by Gasteiger charge is 2.43. The van der Waals surface area contributed by atoms with Gasteiger partial charge in [-0.1, -0.05) is 0 Å². The van der Waals surface area contributed by atoms with Crippen molar-refractivity contribution in [2.75, 3.05) is 18.6 Å². The van der Waals surface area contributed by atoms with E-state index < -0.39 is 16.3 Å². The predicted molar refractivity (Wildman–Crippen MR) is 57.3 cm³/mol. The van der Waals surface area contributed by atoms with E-state index in [9.17, 15) is 9.00 Å². The minimum Gasteiger partial charge on any atom is -0.354 e. The van der Waals surface area contributed by atoms with Gasteiger partial charge >= 0.3 is 0 Å². The van der Waals surface area contributed by atoms with Gasteiger partial charge in [0.2, 0.25) is 5.91 Å². The zero-order valence-electron chi connectivity index (χ0n) is 8.71. The standard InChI is InChI=1S/C9H18N2O2S/c1-9(10,7-3-4-7)8(12)11-5-6-14(2)13/h7H,3-6,10H2,1-2H3,(H,11,12). The van der Waals surface area contributed by atoms with Gasteiger partial charge in [0, 0.05) is 29.4 Å². The van der Waals surface area contributed by atoms with Gasteiger partial charge in [-0.3, -0.25) is 9.00 Å². The molecule has 82 valence electrons. The second-order valence-corrected chi connectivity index (χ2v) is 5.64. The summed E-state index contributed by atoms with van der Waals surface area (Å²) in [6.07, 6.45) is 3.70. The highest BCUT2D eigenvalue weighted by molar-refractivity contribution is 7.84. The Labute approximate surface area is 87.1 Å². The largest absolute Gasteiger partial charge is 0.354 e. The minimum absolute atomic E-state index is 0.120. The summed E-state index contributed by atoms with van der Waals surface area (Å²) >= 11 is 0. The number of hydrogen-bond donors (Lipinski definition) is 2. The zero-order valence-corrected chi connectivity index (χ0v) is 9.52. The monoisotopic (exact) mass is 218 g/mol. The van der Waals surface area contributed by atoms with Crippen LogP contribution in [0.15, 0.2) is 0 Å². The van der Waals surface area contributed by atoms with Crippen LogP contribution in [0.5, 0.6) is 0 Å². The topological polar surface area (TPSA) is 72.2 Å². The number of hydrogen-bond acceptors (Lipinski definition) is 3. The van der Waals surface area contributed by atoms with Crippen molar-refractivity contribution >= 4 is 16.7 Å². The van der Waals surface area contributed by atoms with E-state index in [0.717, 1.165) is 12.8 Å². The maximum absolute atomic E-state index is 11.6. The third-order valence-corrected chi connectivity index (χ3v) is 3.37. The molecule has 0 bridgehead atoms. The van der Waals surface area contributed by atoms with Gasteiger partial charge in [0.1, 0.15) is 0 Å². The fourth-order valence-corrected chi connectivity index (χ4v) is 1.76. The van der Waals surface area contributed by atoms with Gasteiger partial charge in [0.05, 0.1) is 5.54 Å². The van der Waals surface area contributed by atoms with Gasteiger partial charge in [-0.2, -0.15) is 0 Å². The molecule has 1 aliphatic carbocycles. The first-order valence-corrected chi connectivity index (χ1v) is 6.54. The SMILES string of the molecule is CS(=O)CCNC(=O)C(C)(N)C1CC1. The summed E-state index contributed by atoms with van der Waals surface area (Å²) in [6, 6.07) is 0. The van der Waals surface area contributed by atoms with Crippen molar-refractivity contribution in [1.29, 1.82) is 0 Å². The Morgan fingerprint density at radius 1 is 1.64 bits per heavy atom. The molecular formula is C9H18N2O2S. The summed E-state index contributed by atoms with van der Waals surface area (Å²) < 4.78 is 10.7. The molecule has 1 rings (SSSR count). The molecule has 3 N–H and O–H groups in total. The van der Waals surface area contributed by atoms with Crippen LogP contribution < -0.4 is 11.1 Å². The molecule has 5 heteroatoms. The molecule has 4 nitrogen and oxygen atoms in total. The van der Waals surface area contributed by atoms with Crippen molar-refractivity contribution < 1.29 is 9.00 Å². The molecular weight excluding hydrogens is 200 g/mol. The van der Waals surface area contributed by atoms with Crippen LogP contribution in [-0.2, 0) is 15.6 Å². The van der Waals surface area contributed by atoms with Crippen molar-refractivity contribution in [3.8, 4) is 0 Å². The molecule has 0 aromatic rings. The molecule has 2 atom stereocenters. The first-order valence-electron chi connectivity index (χ1n) is 4.82. The molecule has 1 amide bonds. The van der Waals surface area contributed by atoms with Crippen molar-refractivity contribution in [2.45, 2.75) is 25.3 Å². The van der Waals surface area contributed by atoms with Crippen molar-refractivity contribution in [1.82, 2.24) is 5.32 Å². The predicted octanol–water partition coefficient (Wildman–Crippen LogP) is -0.391. The number of amides is 1. The van der Waals surface area contributed by atoms with E-state index in [1.807, 2.05) is 0 Å². The quantitative estimate of drug-likeness (QED) is 0.660. The molecule has 1 saturated carbocycles. The lowest BCUT2D eigenvalue weighted by Crippen LogP contribution is -2.53. The van der Waals surface area contributed by atoms with Crippen LogP contribution in [0.25, 0.3) is 0 Å². The lowest BCUT2D eigenvalue weighted by Gasteiger charge is -2.22. The van der Waals surface area contributed by atoms with Gasteiger partial charge in [0.25, 0.3) is 0 Å². The molecule has 0 saturated heterocycles. The van der Waals surface area contributed by atoms with E-state index in [1.54, 1.807) is 13.2 Å². The van der Waals surface area contributed by atoms with E-state index >= 15 is 0 Å². The number of nitrogens with one attached hydrogen (secondary N) is 1. The summed E-state index contributed by atoms with van der Waals surface area (Å²) in [4.78, 5) is 11.6. The van der Waals surface area contributed by atoms with E-state index in [0.29, 0.717) is 18.2 Å². The van der Waals surface area contributed by atoms with Crippen molar-refractivity contribution in [2.24, 2.45) is 11.7 Å². The maximum Gasteiger partial charge on any atom is 0.240 e. The number of carbonyl (C=O) groups excluding carboxylic acids is 1. The van der Waals surface area contributed by atoms with Gasteiger partial charge in [0.15, 0.2) is 0 Å². The second-order valence-electron chi connectivity index (χ2n) is 4.09. The summed E-state index contributed by atoms with van der Waals surface area (Å²) in [5.74, 6) is 0.701. The molecule has 0 aliphatic heterocycles. The van der Waals surface area contributed by atoms with E-state index in [-0.39, 0.29) is 5.91 Å². The Balaban J connectivity index is 2.30. The van der Waals surface area contributed by atoms with Crippen LogP contribution in [0.2, 0.25) is 0 Å². The van der Waals surface area contributed by atoms with Crippen LogP contribution in [0.3, 0.4) is 0 Å². The fourth-order valence-electron chi connectivity index (χ4n) is 1.37. The Bertz CT molecular complexity index is 249. The van der Waals surface area contributed by atoms with E-state index in [4.69, 9.17) is 5.73 Å². The molecule has 0 aromatic carbocycles. The molecule has 0 aromatic heterocycles. The lowest BCUT2D eigenvalue weighted by molar-refractivity contribution is -0.126. The summed E-state index contributed by atoms with van der Waals surface area (Å²) in [7, 11) is -0.859. The van der Waals surface area contributed by atoms with Gasteiger partial charge < -0.3 is 11.1 Å². The lowest BCUT2D eigenvalue weighted by atomic mass is 9.96. The molecule has 14 heavy (non-hydrogen) atoms. The molecule has 2 unspecified atom stereocenters. The highest BCUT2D eigenvalue weighted by Crippen LogP contribution is 2.37. The maximum atomic E-state index is 11.6. The summed E-state index contributed by atoms with van der Waals surface area (Å²) in [5.41, 5.74) is 5.15. The molecule has 1 fully saturated rings. The Hall–Kier alpha value is -0.420. The van der Waals surface area contributed by atoms with Crippen LogP contribution in [0.1, 0.15) is 19.8 Å². The Morgan fingerprint density at radius 3 is 2.64 bits per heavy atom. The molecule has 0 heterocycles. The Kier molecular flexibility index (Phi) is 3.66. The normalized spacial score (nSPS) is 22.5. The smallest absolute Gasteiger partial charge is 0.240 e. The van der Waals surface area contributed by atoms with E-state index in [2.05, 4.69) is 5.32 Å². The Morgan fingerprint density at radius 2 is 2.21 bits per heavy atom. The van der Waals surface area contributed by atoms with E-state index in [1.165, 1.54) is 0 Å². The van der Waals surface area contributed by atoms with Gasteiger partial charge in [-0.25, -0.2) is 0 Å². The van der Waals surface area contributed by atoms with Crippen molar-refractivity contribution in [3.05, 3.63) is 0 Å². The number of nitrogens with two attached hydrogens (primary N) is 1. The van der Waals surface area contributed by atoms with Gasteiger partial charge in [-0.15, -0.1) is 0 Å². The first-order chi connectivity index (χ1) is 6.44. The third kappa shape index (κ3) is 3.06. The van der Waals surface area contributed by atoms with Crippen LogP contribution in [0, 0.1) is 5.92 Å². The second kappa shape index (κ2) is 4.40. The summed E-state index contributed by atoms with van der Waals surface area (Å²) in [5, 5.41) is 2.72. The molecule has 1 aliphatic rings. The highest BCUT2D eigenvalue weighted by atomic mass is 32.2. The van der Waals surface area contributed by atoms with Crippen molar-refractivity contribution in [3.63, 3.8) is 0 Å². The zero-order chi connectivity index (χ0) is 10.8. The number of carbonyl (C=O) groups is 1. The van der Waals surface area contributed by atoms with Crippen LogP contribution >= 0.6 is 0 Å².